The maximum Gasteiger partial charge on any atom is 0.460 e. The molecule has 0 N–H and O–H groups in total. The molecule has 0 saturated carbocycles. The van der Waals surface area contributed by atoms with Gasteiger partial charge in [-0.1, -0.05) is 0 Å². The highest BCUT2D eigenvalue weighted by Gasteiger charge is 2.86. The Morgan fingerprint density at radius 3 is 1.78 bits per heavy atom. The highest BCUT2D eigenvalue weighted by atomic mass is 32.2. The van der Waals surface area contributed by atoms with Gasteiger partial charge in [-0.3, -0.25) is 0 Å². The molecule has 0 bridgehead atoms. The summed E-state index contributed by atoms with van der Waals surface area (Å²) in [6.45, 7) is 0. The van der Waals surface area contributed by atoms with Gasteiger partial charge in [-0.2, -0.15) is 47.9 Å². The number of halogens is 9. The summed E-state index contributed by atoms with van der Waals surface area (Å²) in [5.41, 5.74) is 0. The molecule has 0 spiro atoms. The van der Waals surface area contributed by atoms with Crippen LogP contribution in [0.4, 0.5) is 39.5 Å². The lowest BCUT2D eigenvalue weighted by Crippen LogP contribution is -2.66. The summed E-state index contributed by atoms with van der Waals surface area (Å²) >= 11 is 0. The first-order valence-corrected chi connectivity index (χ1v) is 6.46. The van der Waals surface area contributed by atoms with E-state index < -0.39 is 33.4 Å². The minimum Gasteiger partial charge on any atom is -0.191 e. The first-order valence-electron chi connectivity index (χ1n) is 5.05. The molecular formula is C8H4F9N2O3S+. The van der Waals surface area contributed by atoms with Crippen LogP contribution >= 0.6 is 0 Å². The third-order valence-corrected chi connectivity index (χ3v) is 3.43. The molecule has 0 fully saturated rings. The van der Waals surface area contributed by atoms with Crippen LogP contribution in [0.5, 0.6) is 0 Å². The summed E-state index contributed by atoms with van der Waals surface area (Å²) in [5.74, 6) is -14.7. The van der Waals surface area contributed by atoms with E-state index in [9.17, 15) is 47.9 Å². The van der Waals surface area contributed by atoms with Gasteiger partial charge in [-0.05, 0) is 6.07 Å². The minimum atomic E-state index is -7.35. The van der Waals surface area contributed by atoms with Crippen molar-refractivity contribution in [1.29, 1.82) is 0 Å². The Hall–Kier alpha value is -1.80. The Morgan fingerprint density at radius 1 is 0.870 bits per heavy atom. The van der Waals surface area contributed by atoms with Crippen molar-refractivity contribution in [2.45, 2.75) is 23.3 Å². The second kappa shape index (κ2) is 5.38. The fourth-order valence-electron chi connectivity index (χ4n) is 1.02. The summed E-state index contributed by atoms with van der Waals surface area (Å²) in [6.07, 6.45) is -5.95. The largest absolute Gasteiger partial charge is 0.460 e. The molecule has 0 aliphatic rings. The van der Waals surface area contributed by atoms with Crippen molar-refractivity contribution in [3.63, 3.8) is 0 Å². The Morgan fingerprint density at radius 2 is 1.39 bits per heavy atom. The van der Waals surface area contributed by atoms with Crippen LogP contribution in [-0.4, -0.2) is 36.8 Å². The summed E-state index contributed by atoms with van der Waals surface area (Å²) < 4.78 is 138. The van der Waals surface area contributed by atoms with Gasteiger partial charge in [0.25, 0.3) is 6.20 Å². The zero-order chi connectivity index (χ0) is 18.3. The number of aromatic nitrogens is 2. The lowest BCUT2D eigenvalue weighted by Gasteiger charge is -2.31. The van der Waals surface area contributed by atoms with Gasteiger partial charge in [-0.25, -0.2) is 0 Å². The number of hydrogen-bond donors (Lipinski definition) is 0. The molecular weight excluding hydrogens is 375 g/mol. The summed E-state index contributed by atoms with van der Waals surface area (Å²) in [6, 6.07) is 2.00. The molecule has 0 radical (unpaired) electrons. The van der Waals surface area contributed by atoms with Crippen LogP contribution in [0.1, 0.15) is 0 Å². The van der Waals surface area contributed by atoms with E-state index in [1.165, 1.54) is 0 Å². The number of alkyl halides is 9. The molecule has 1 aromatic heterocycles. The summed E-state index contributed by atoms with van der Waals surface area (Å²) in [4.78, 5) is -0.356. The Bertz CT molecular complexity index is 659. The maximum atomic E-state index is 13.2. The molecule has 0 aromatic carbocycles. The maximum absolute atomic E-state index is 13.2. The number of rotatable bonds is 5. The van der Waals surface area contributed by atoms with Crippen LogP contribution in [0.2, 0.25) is 0 Å². The highest BCUT2D eigenvalue weighted by Crippen LogP contribution is 2.54. The molecule has 0 aliphatic heterocycles. The van der Waals surface area contributed by atoms with Gasteiger partial charge in [0, 0.05) is 11.2 Å². The van der Waals surface area contributed by atoms with E-state index in [0.29, 0.717) is 6.20 Å². The molecule has 0 atom stereocenters. The second-order valence-corrected chi connectivity index (χ2v) is 5.36. The molecule has 0 saturated heterocycles. The first kappa shape index (κ1) is 19.2. The predicted octanol–water partition coefficient (Wildman–Crippen LogP) is 1.55. The van der Waals surface area contributed by atoms with Crippen molar-refractivity contribution in [1.82, 2.24) is 5.10 Å². The van der Waals surface area contributed by atoms with Crippen molar-refractivity contribution < 1.29 is 57.1 Å². The second-order valence-electron chi connectivity index (χ2n) is 3.79. The standard InChI is InChI=1S/C8H4F9N2O3S/c9-5(10,7(13,14)15)6(11,12)8(16,17)23(20,21)22-19-4-2-1-3-18-19/h1-4H/q+1. The number of nitrogens with zero attached hydrogens (tertiary/aromatic N) is 2. The molecule has 1 rings (SSSR count). The molecule has 0 aliphatic carbocycles. The van der Waals surface area contributed by atoms with E-state index in [2.05, 4.69) is 9.38 Å². The molecule has 1 aromatic rings. The van der Waals surface area contributed by atoms with Gasteiger partial charge in [0.1, 0.15) is 4.85 Å². The number of hydrogen-bond acceptors (Lipinski definition) is 4. The fraction of sp³-hybridized carbons (Fsp3) is 0.500. The van der Waals surface area contributed by atoms with Crippen LogP contribution in [0.15, 0.2) is 24.5 Å². The van der Waals surface area contributed by atoms with E-state index in [4.69, 9.17) is 0 Å². The van der Waals surface area contributed by atoms with Crippen molar-refractivity contribution in [3.8, 4) is 0 Å². The quantitative estimate of drug-likeness (QED) is 0.576. The third-order valence-electron chi connectivity index (χ3n) is 2.20. The van der Waals surface area contributed by atoms with Gasteiger partial charge < -0.3 is 0 Å². The van der Waals surface area contributed by atoms with E-state index in [1.54, 1.807) is 0 Å². The Labute approximate surface area is 121 Å². The van der Waals surface area contributed by atoms with Crippen LogP contribution in [-0.2, 0) is 10.1 Å². The van der Waals surface area contributed by atoms with E-state index in [1.807, 2.05) is 0 Å². The molecule has 0 amide bonds. The van der Waals surface area contributed by atoms with Gasteiger partial charge in [0.05, 0.1) is 6.20 Å². The van der Waals surface area contributed by atoms with E-state index in [0.717, 1.165) is 18.3 Å². The normalized spacial score (nSPS) is 14.7. The monoisotopic (exact) mass is 379 g/mol. The van der Waals surface area contributed by atoms with Crippen LogP contribution < -0.4 is 9.13 Å². The third kappa shape index (κ3) is 3.00. The molecule has 15 heteroatoms. The lowest BCUT2D eigenvalue weighted by molar-refractivity contribution is -0.903. The van der Waals surface area contributed by atoms with Crippen molar-refractivity contribution in [2.75, 3.05) is 0 Å². The average Bonchev–Trinajstić information content (AvgIpc) is 2.37. The molecule has 0 unspecified atom stereocenters. The Kier molecular flexibility index (Phi) is 4.50. The van der Waals surface area contributed by atoms with Gasteiger partial charge >= 0.3 is 33.4 Å². The summed E-state index contributed by atoms with van der Waals surface area (Å²) in [5, 5.41) is -4.03. The predicted molar refractivity (Wildman–Crippen MR) is 50.8 cm³/mol. The Balaban J connectivity index is 3.33. The van der Waals surface area contributed by atoms with Crippen LogP contribution in [0.3, 0.4) is 0 Å². The topological polar surface area (TPSA) is 60.1 Å². The molecule has 5 nitrogen and oxygen atoms in total. The molecule has 23 heavy (non-hydrogen) atoms. The summed E-state index contributed by atoms with van der Waals surface area (Å²) in [7, 11) is -6.98. The van der Waals surface area contributed by atoms with Crippen LogP contribution in [0, 0.1) is 0 Å². The van der Waals surface area contributed by atoms with Crippen molar-refractivity contribution >= 4 is 10.1 Å². The van der Waals surface area contributed by atoms with Crippen molar-refractivity contribution in [3.05, 3.63) is 24.5 Å². The van der Waals surface area contributed by atoms with Gasteiger partial charge in [0.15, 0.2) is 0 Å². The van der Waals surface area contributed by atoms with E-state index in [-0.39, 0.29) is 4.85 Å². The molecule has 132 valence electrons. The van der Waals surface area contributed by atoms with Gasteiger partial charge in [0.2, 0.25) is 0 Å². The van der Waals surface area contributed by atoms with Crippen LogP contribution in [0.25, 0.3) is 0 Å². The zero-order valence-electron chi connectivity index (χ0n) is 10.2. The average molecular weight is 379 g/mol. The lowest BCUT2D eigenvalue weighted by atomic mass is 10.1. The smallest absolute Gasteiger partial charge is 0.191 e. The highest BCUT2D eigenvalue weighted by molar-refractivity contribution is 7.87. The molecule has 1 heterocycles. The van der Waals surface area contributed by atoms with Gasteiger partial charge in [-0.15, -0.1) is 4.28 Å². The SMILES string of the molecule is O=S(=O)(O[n+]1ccccn1)C(F)(F)C(F)(F)C(F)(F)C(F)(F)F. The fourth-order valence-corrected chi connectivity index (χ4v) is 1.85. The first-order chi connectivity index (χ1) is 10.1. The minimum absolute atomic E-state index is 0.356. The van der Waals surface area contributed by atoms with Crippen molar-refractivity contribution in [2.24, 2.45) is 0 Å². The van der Waals surface area contributed by atoms with E-state index >= 15 is 0 Å². The zero-order valence-corrected chi connectivity index (χ0v) is 11.1.